The fraction of sp³-hybridized carbons (Fsp3) is 0.548. The zero-order valence-corrected chi connectivity index (χ0v) is 21.5. The largest absolute Gasteiger partial charge is 0.491 e. The smallest absolute Gasteiger partial charge is 0.200 e. The van der Waals surface area contributed by atoms with Crippen molar-refractivity contribution in [3.8, 4) is 5.75 Å². The highest BCUT2D eigenvalue weighted by Crippen LogP contribution is 2.42. The predicted molar refractivity (Wildman–Crippen MR) is 136 cm³/mol. The lowest BCUT2D eigenvalue weighted by Gasteiger charge is -2.30. The molecule has 36 heavy (non-hydrogen) atoms. The molecule has 0 heterocycles. The van der Waals surface area contributed by atoms with Crippen LogP contribution in [0.5, 0.6) is 5.75 Å². The molecular weight excluding hydrogens is 464 g/mol. The molecule has 0 aromatic heterocycles. The van der Waals surface area contributed by atoms with E-state index in [9.17, 15) is 8.78 Å². The van der Waals surface area contributed by atoms with Gasteiger partial charge in [0.2, 0.25) is 5.82 Å². The number of halogens is 4. The van der Waals surface area contributed by atoms with E-state index in [1.807, 2.05) is 19.1 Å². The normalized spacial score (nSPS) is 24.8. The van der Waals surface area contributed by atoms with E-state index in [1.165, 1.54) is 6.07 Å². The Morgan fingerprint density at radius 2 is 1.33 bits per heavy atom. The van der Waals surface area contributed by atoms with Crippen LogP contribution in [0.25, 0.3) is 0 Å². The summed E-state index contributed by atoms with van der Waals surface area (Å²) >= 11 is 0. The summed E-state index contributed by atoms with van der Waals surface area (Å²) in [5.41, 5.74) is 1.40. The monoisotopic (exact) mass is 502 g/mol. The Kier molecular flexibility index (Phi) is 9.14. The van der Waals surface area contributed by atoms with Crippen LogP contribution in [0, 0.1) is 35.1 Å². The van der Waals surface area contributed by atoms with E-state index >= 15 is 8.78 Å². The number of hydrogen-bond donors (Lipinski definition) is 0. The van der Waals surface area contributed by atoms with E-state index in [0.29, 0.717) is 34.9 Å². The highest BCUT2D eigenvalue weighted by Gasteiger charge is 2.29. The van der Waals surface area contributed by atoms with E-state index in [2.05, 4.69) is 12.2 Å². The number of hydrogen-bond acceptors (Lipinski definition) is 1. The number of rotatable bonds is 8. The lowest BCUT2D eigenvalue weighted by Crippen LogP contribution is -2.17. The Balaban J connectivity index is 1.32. The molecule has 2 aromatic rings. The van der Waals surface area contributed by atoms with Gasteiger partial charge in [-0.2, -0.15) is 4.39 Å². The van der Waals surface area contributed by atoms with Gasteiger partial charge in [-0.15, -0.1) is 0 Å². The summed E-state index contributed by atoms with van der Waals surface area (Å²) in [4.78, 5) is 0. The summed E-state index contributed by atoms with van der Waals surface area (Å²) in [6, 6.07) is 6.73. The Bertz CT molecular complexity index is 1050. The third-order valence-electron chi connectivity index (χ3n) is 8.35. The van der Waals surface area contributed by atoms with Crippen LogP contribution in [0.15, 0.2) is 36.4 Å². The summed E-state index contributed by atoms with van der Waals surface area (Å²) in [5.74, 6) is -2.11. The second kappa shape index (κ2) is 12.3. The highest BCUT2D eigenvalue weighted by molar-refractivity contribution is 5.33. The second-order valence-corrected chi connectivity index (χ2v) is 10.5. The molecule has 0 atom stereocenters. The molecule has 1 nitrogen and oxygen atoms in total. The maximum Gasteiger partial charge on any atom is 0.200 e. The van der Waals surface area contributed by atoms with Crippen LogP contribution in [0.3, 0.4) is 0 Å². The molecule has 4 rings (SSSR count). The maximum absolute atomic E-state index is 15.2. The van der Waals surface area contributed by atoms with Gasteiger partial charge in [-0.05, 0) is 124 Å². The number of benzene rings is 2. The van der Waals surface area contributed by atoms with Gasteiger partial charge < -0.3 is 4.74 Å². The molecule has 0 amide bonds. The summed E-state index contributed by atoms with van der Waals surface area (Å²) in [6.45, 7) is 4.04. The van der Waals surface area contributed by atoms with Gasteiger partial charge in [-0.3, -0.25) is 0 Å². The van der Waals surface area contributed by atoms with Crippen LogP contribution in [0.2, 0.25) is 0 Å². The molecule has 196 valence electrons. The van der Waals surface area contributed by atoms with Gasteiger partial charge in [0, 0.05) is 0 Å². The Morgan fingerprint density at radius 3 is 1.89 bits per heavy atom. The Labute approximate surface area is 212 Å². The van der Waals surface area contributed by atoms with Crippen molar-refractivity contribution < 1.29 is 22.3 Å². The van der Waals surface area contributed by atoms with Crippen molar-refractivity contribution in [1.82, 2.24) is 0 Å². The van der Waals surface area contributed by atoms with Crippen molar-refractivity contribution in [2.24, 2.45) is 11.8 Å². The van der Waals surface area contributed by atoms with E-state index in [0.717, 1.165) is 57.8 Å². The molecule has 0 unspecified atom stereocenters. The molecule has 0 spiro atoms. The van der Waals surface area contributed by atoms with Gasteiger partial charge in [-0.1, -0.05) is 30.4 Å². The molecule has 0 aliphatic heterocycles. The third-order valence-corrected chi connectivity index (χ3v) is 8.35. The minimum absolute atomic E-state index is 0.00915. The minimum Gasteiger partial charge on any atom is -0.491 e. The average Bonchev–Trinajstić information content (AvgIpc) is 2.89. The van der Waals surface area contributed by atoms with Gasteiger partial charge in [0.15, 0.2) is 23.2 Å². The van der Waals surface area contributed by atoms with Gasteiger partial charge in [0.05, 0.1) is 6.61 Å². The molecular formula is C31H38F4O. The quantitative estimate of drug-likeness (QED) is 0.258. The lowest BCUT2D eigenvalue weighted by atomic mass is 9.75. The van der Waals surface area contributed by atoms with E-state index in [1.54, 1.807) is 13.0 Å². The van der Waals surface area contributed by atoms with Gasteiger partial charge in [-0.25, -0.2) is 13.2 Å². The Hall–Kier alpha value is -2.30. The number of ether oxygens (including phenoxy) is 1. The molecule has 2 aromatic carbocycles. The topological polar surface area (TPSA) is 9.23 Å². The van der Waals surface area contributed by atoms with Crippen LogP contribution < -0.4 is 4.74 Å². The van der Waals surface area contributed by atoms with E-state index < -0.39 is 23.3 Å². The number of allylic oxidation sites excluding steroid dienone is 2. The molecule has 2 saturated carbocycles. The van der Waals surface area contributed by atoms with Gasteiger partial charge in [0.1, 0.15) is 0 Å². The predicted octanol–water partition coefficient (Wildman–Crippen LogP) is 9.40. The molecule has 0 bridgehead atoms. The summed E-state index contributed by atoms with van der Waals surface area (Å²) < 4.78 is 63.9. The summed E-state index contributed by atoms with van der Waals surface area (Å²) in [6.07, 6.45) is 12.7. The van der Waals surface area contributed by atoms with Crippen molar-refractivity contribution >= 4 is 0 Å². The van der Waals surface area contributed by atoms with Crippen LogP contribution >= 0.6 is 0 Å². The molecule has 2 fully saturated rings. The average molecular weight is 503 g/mol. The van der Waals surface area contributed by atoms with Crippen LogP contribution in [0.4, 0.5) is 17.6 Å². The van der Waals surface area contributed by atoms with E-state index in [4.69, 9.17) is 4.74 Å². The molecule has 0 radical (unpaired) electrons. The fourth-order valence-corrected chi connectivity index (χ4v) is 6.26. The molecule has 0 saturated heterocycles. The molecule has 5 heteroatoms. The Morgan fingerprint density at radius 1 is 0.750 bits per heavy atom. The van der Waals surface area contributed by atoms with Crippen molar-refractivity contribution in [2.45, 2.75) is 89.9 Å². The van der Waals surface area contributed by atoms with Crippen LogP contribution in [-0.4, -0.2) is 6.61 Å². The van der Waals surface area contributed by atoms with E-state index in [-0.39, 0.29) is 24.2 Å². The van der Waals surface area contributed by atoms with Crippen molar-refractivity contribution in [2.75, 3.05) is 6.61 Å². The van der Waals surface area contributed by atoms with Crippen molar-refractivity contribution in [1.29, 1.82) is 0 Å². The van der Waals surface area contributed by atoms with Gasteiger partial charge >= 0.3 is 0 Å². The minimum atomic E-state index is -0.926. The molecule has 2 aliphatic rings. The highest BCUT2D eigenvalue weighted by atomic mass is 19.2. The zero-order valence-electron chi connectivity index (χ0n) is 21.5. The van der Waals surface area contributed by atoms with Gasteiger partial charge in [0.25, 0.3) is 0 Å². The first-order chi connectivity index (χ1) is 17.4. The standard InChI is InChI=1S/C31H38F4O/c1-3-5-20-6-11-22(12-7-20)25-17-18-26(30(34)29(25)33)23-13-8-21(9-14-23)10-15-24-16-19-27(36-4-2)31(35)28(24)32/h3,5,16-23H,4,6-15H2,1-2H3. The summed E-state index contributed by atoms with van der Waals surface area (Å²) in [7, 11) is 0. The van der Waals surface area contributed by atoms with Crippen LogP contribution in [0.1, 0.15) is 100 Å². The van der Waals surface area contributed by atoms with Crippen LogP contribution in [-0.2, 0) is 6.42 Å². The molecule has 0 N–H and O–H groups in total. The first kappa shape index (κ1) is 26.8. The SMILES string of the molecule is CC=CC1CCC(c2ccc(C3CCC(CCc4ccc(OCC)c(F)c4F)CC3)c(F)c2F)CC1. The summed E-state index contributed by atoms with van der Waals surface area (Å²) in [5, 5.41) is 0. The first-order valence-corrected chi connectivity index (χ1v) is 13.6. The maximum atomic E-state index is 15.2. The number of aryl methyl sites for hydroxylation is 1. The zero-order chi connectivity index (χ0) is 25.7. The lowest BCUT2D eigenvalue weighted by molar-refractivity contribution is 0.300. The van der Waals surface area contributed by atoms with Crippen molar-refractivity contribution in [3.63, 3.8) is 0 Å². The fourth-order valence-electron chi connectivity index (χ4n) is 6.26. The first-order valence-electron chi connectivity index (χ1n) is 13.6. The third kappa shape index (κ3) is 5.98. The van der Waals surface area contributed by atoms with Crippen molar-refractivity contribution in [3.05, 3.63) is 76.4 Å². The molecule has 2 aliphatic carbocycles. The second-order valence-electron chi connectivity index (χ2n) is 10.5.